The van der Waals surface area contributed by atoms with E-state index in [1.54, 1.807) is 40.8 Å². The van der Waals surface area contributed by atoms with E-state index in [0.717, 1.165) is 16.6 Å². The molecular formula is C24H15Cl3N2O3S. The lowest BCUT2D eigenvalue weighted by molar-refractivity contribution is 0.285. The van der Waals surface area contributed by atoms with Crippen LogP contribution in [-0.2, 0) is 6.61 Å². The van der Waals surface area contributed by atoms with Crippen molar-refractivity contribution in [3.05, 3.63) is 95.7 Å². The fraction of sp³-hybridized carbons (Fsp3) is 0.0833. The lowest BCUT2D eigenvalue weighted by atomic mass is 10.2. The number of rotatable bonds is 5. The largest absolute Gasteiger partial charge is 0.493 e. The number of nitrogens with zero attached hydrogens (tertiary/aromatic N) is 2. The second-order valence-electron chi connectivity index (χ2n) is 7.19. The molecule has 9 heteroatoms. The highest BCUT2D eigenvalue weighted by molar-refractivity contribution is 7.15. The van der Waals surface area contributed by atoms with Gasteiger partial charge in [-0.1, -0.05) is 64.3 Å². The minimum Gasteiger partial charge on any atom is -0.493 e. The fourth-order valence-corrected chi connectivity index (χ4v) is 5.24. The van der Waals surface area contributed by atoms with Crippen LogP contribution in [0.4, 0.5) is 0 Å². The molecule has 2 aromatic heterocycles. The Bertz CT molecular complexity index is 1630. The van der Waals surface area contributed by atoms with Crippen molar-refractivity contribution in [2.24, 2.45) is 0 Å². The monoisotopic (exact) mass is 516 g/mol. The van der Waals surface area contributed by atoms with Crippen LogP contribution in [0.25, 0.3) is 22.1 Å². The van der Waals surface area contributed by atoms with Gasteiger partial charge in [-0.25, -0.2) is 9.38 Å². The predicted molar refractivity (Wildman–Crippen MR) is 134 cm³/mol. The summed E-state index contributed by atoms with van der Waals surface area (Å²) in [5.41, 5.74) is 2.92. The maximum Gasteiger partial charge on any atom is 0.274 e. The van der Waals surface area contributed by atoms with Gasteiger partial charge in [0.1, 0.15) is 6.61 Å². The molecule has 0 radical (unpaired) electrons. The zero-order valence-corrected chi connectivity index (χ0v) is 20.2. The molecule has 0 N–H and O–H groups in total. The molecule has 0 amide bonds. The molecule has 3 aromatic carbocycles. The van der Waals surface area contributed by atoms with Crippen molar-refractivity contribution in [1.29, 1.82) is 0 Å². The molecule has 0 fully saturated rings. The van der Waals surface area contributed by atoms with Gasteiger partial charge in [0.05, 0.1) is 27.7 Å². The van der Waals surface area contributed by atoms with E-state index in [4.69, 9.17) is 44.3 Å². The topological polar surface area (TPSA) is 52.8 Å². The van der Waals surface area contributed by atoms with Crippen molar-refractivity contribution >= 4 is 68.2 Å². The molecule has 0 saturated heterocycles. The molecule has 0 bridgehead atoms. The molecule has 2 heterocycles. The van der Waals surface area contributed by atoms with Crippen molar-refractivity contribution in [2.45, 2.75) is 6.61 Å². The predicted octanol–water partition coefficient (Wildman–Crippen LogP) is 6.00. The second-order valence-corrected chi connectivity index (χ2v) is 9.45. The summed E-state index contributed by atoms with van der Waals surface area (Å²) in [5.74, 6) is 0.828. The molecule has 166 valence electrons. The van der Waals surface area contributed by atoms with Crippen molar-refractivity contribution < 1.29 is 9.47 Å². The highest BCUT2D eigenvalue weighted by Gasteiger charge is 2.14. The van der Waals surface area contributed by atoms with Gasteiger partial charge in [-0.2, -0.15) is 0 Å². The van der Waals surface area contributed by atoms with Crippen LogP contribution in [0.5, 0.6) is 11.5 Å². The number of halogens is 3. The number of thiazole rings is 1. The third-order valence-corrected chi connectivity index (χ3v) is 6.92. The molecule has 0 spiro atoms. The van der Waals surface area contributed by atoms with Crippen LogP contribution >= 0.6 is 46.1 Å². The van der Waals surface area contributed by atoms with E-state index < -0.39 is 0 Å². The summed E-state index contributed by atoms with van der Waals surface area (Å²) in [5, 5.41) is 1.40. The average molecular weight is 518 g/mol. The second kappa shape index (κ2) is 8.88. The number of para-hydroxylation sites is 2. The number of fused-ring (bicyclic) bond motifs is 3. The molecular weight excluding hydrogens is 503 g/mol. The minimum atomic E-state index is -0.128. The highest BCUT2D eigenvalue weighted by Crippen LogP contribution is 2.37. The maximum absolute atomic E-state index is 13.0. The van der Waals surface area contributed by atoms with E-state index in [-0.39, 0.29) is 12.2 Å². The van der Waals surface area contributed by atoms with Crippen molar-refractivity contribution in [2.75, 3.05) is 7.11 Å². The lowest BCUT2D eigenvalue weighted by Gasteiger charge is -2.14. The van der Waals surface area contributed by atoms with Crippen LogP contribution in [0.3, 0.4) is 0 Å². The van der Waals surface area contributed by atoms with E-state index in [0.29, 0.717) is 41.6 Å². The van der Waals surface area contributed by atoms with Gasteiger partial charge in [-0.3, -0.25) is 4.79 Å². The molecule has 5 aromatic rings. The third kappa shape index (κ3) is 4.15. The number of ether oxygens (including phenoxy) is 2. The minimum absolute atomic E-state index is 0.128. The molecule has 5 nitrogen and oxygen atoms in total. The van der Waals surface area contributed by atoms with E-state index >= 15 is 0 Å². The molecule has 0 saturated carbocycles. The Labute approximate surface area is 207 Å². The van der Waals surface area contributed by atoms with Gasteiger partial charge in [0.25, 0.3) is 5.56 Å². The van der Waals surface area contributed by atoms with Crippen LogP contribution in [0.1, 0.15) is 11.1 Å². The smallest absolute Gasteiger partial charge is 0.274 e. The van der Waals surface area contributed by atoms with Gasteiger partial charge in [-0.05, 0) is 48.0 Å². The molecule has 0 unspecified atom stereocenters. The summed E-state index contributed by atoms with van der Waals surface area (Å²) in [7, 11) is 1.53. The van der Waals surface area contributed by atoms with Crippen LogP contribution in [0, 0.1) is 0 Å². The summed E-state index contributed by atoms with van der Waals surface area (Å²) < 4.78 is 13.6. The first kappa shape index (κ1) is 22.0. The van der Waals surface area contributed by atoms with Crippen LogP contribution in [0.15, 0.2) is 59.4 Å². The van der Waals surface area contributed by atoms with Crippen LogP contribution in [0.2, 0.25) is 15.1 Å². The number of imidazole rings is 1. The Morgan fingerprint density at radius 3 is 2.67 bits per heavy atom. The number of aromatic nitrogens is 2. The first-order chi connectivity index (χ1) is 15.9. The summed E-state index contributed by atoms with van der Waals surface area (Å²) in [6.45, 7) is 0.190. The Morgan fingerprint density at radius 2 is 1.88 bits per heavy atom. The number of hydrogen-bond acceptors (Lipinski definition) is 5. The first-order valence-electron chi connectivity index (χ1n) is 9.80. The van der Waals surface area contributed by atoms with E-state index in [9.17, 15) is 4.79 Å². The molecule has 0 atom stereocenters. The van der Waals surface area contributed by atoms with Gasteiger partial charge < -0.3 is 9.47 Å². The number of benzene rings is 3. The lowest BCUT2D eigenvalue weighted by Crippen LogP contribution is -2.22. The van der Waals surface area contributed by atoms with Gasteiger partial charge in [-0.15, -0.1) is 0 Å². The fourth-order valence-electron chi connectivity index (χ4n) is 3.52. The molecule has 0 aliphatic heterocycles. The van der Waals surface area contributed by atoms with Gasteiger partial charge in [0.2, 0.25) is 0 Å². The zero-order valence-electron chi connectivity index (χ0n) is 17.1. The summed E-state index contributed by atoms with van der Waals surface area (Å²) in [6, 6.07) is 16.2. The van der Waals surface area contributed by atoms with Gasteiger partial charge in [0, 0.05) is 15.6 Å². The number of hydrogen-bond donors (Lipinski definition) is 0. The Balaban J connectivity index is 1.51. The molecule has 0 aliphatic carbocycles. The third-order valence-electron chi connectivity index (χ3n) is 5.08. The molecule has 0 aliphatic rings. The number of methoxy groups -OCH3 is 1. The van der Waals surface area contributed by atoms with E-state index in [1.165, 1.54) is 18.4 Å². The Hall–Kier alpha value is -2.77. The average Bonchev–Trinajstić information content (AvgIpc) is 3.30. The zero-order chi connectivity index (χ0) is 23.1. The van der Waals surface area contributed by atoms with Gasteiger partial charge >= 0.3 is 0 Å². The SMILES string of the molecule is COc1cc(C=c2sc3nc4ccccc4n3c2=O)cc(Cl)c1OCc1ccc(Cl)cc1Cl. The highest BCUT2D eigenvalue weighted by atomic mass is 35.5. The van der Waals surface area contributed by atoms with Crippen molar-refractivity contribution in [1.82, 2.24) is 9.38 Å². The van der Waals surface area contributed by atoms with Crippen molar-refractivity contribution in [3.63, 3.8) is 0 Å². The van der Waals surface area contributed by atoms with Gasteiger partial charge in [0.15, 0.2) is 16.5 Å². The van der Waals surface area contributed by atoms with Crippen molar-refractivity contribution in [3.8, 4) is 11.5 Å². The molecule has 33 heavy (non-hydrogen) atoms. The summed E-state index contributed by atoms with van der Waals surface area (Å²) >= 11 is 20.0. The quantitative estimate of drug-likeness (QED) is 0.287. The molecule has 5 rings (SSSR count). The summed E-state index contributed by atoms with van der Waals surface area (Å²) in [4.78, 5) is 18.2. The Kier molecular flexibility index (Phi) is 5.93. The standard InChI is InChI=1S/C24H15Cl3N2O3S/c1-31-20-9-13(8-17(27)22(20)32-12-14-6-7-15(25)11-16(14)26)10-21-23(30)29-19-5-3-2-4-18(19)28-24(29)33-21/h2-11H,12H2,1H3. The maximum atomic E-state index is 13.0. The van der Waals surface area contributed by atoms with Crippen LogP contribution < -0.4 is 19.6 Å². The van der Waals surface area contributed by atoms with E-state index in [2.05, 4.69) is 4.98 Å². The first-order valence-corrected chi connectivity index (χ1v) is 11.8. The Morgan fingerprint density at radius 1 is 1.06 bits per heavy atom. The summed E-state index contributed by atoms with van der Waals surface area (Å²) in [6.07, 6.45) is 1.77. The van der Waals surface area contributed by atoms with E-state index in [1.807, 2.05) is 24.3 Å². The normalized spacial score (nSPS) is 12.1. The van der Waals surface area contributed by atoms with Crippen LogP contribution in [-0.4, -0.2) is 16.5 Å².